The van der Waals surface area contributed by atoms with Crippen LogP contribution < -0.4 is 15.8 Å². The molecule has 1 atom stereocenters. The Labute approximate surface area is 194 Å². The van der Waals surface area contributed by atoms with Crippen LogP contribution in [0.5, 0.6) is 0 Å². The first-order valence-electron chi connectivity index (χ1n) is 10.2. The smallest absolute Gasteiger partial charge is 0.378 e. The summed E-state index contributed by atoms with van der Waals surface area (Å²) in [5.41, 5.74) is -4.28. The Balaban J connectivity index is 1.44. The molecule has 35 heavy (non-hydrogen) atoms. The maximum atomic E-state index is 13.1. The number of amides is 1. The van der Waals surface area contributed by atoms with Crippen molar-refractivity contribution in [2.45, 2.75) is 31.4 Å². The van der Waals surface area contributed by atoms with Crippen molar-refractivity contribution in [3.8, 4) is 0 Å². The zero-order valence-electron chi connectivity index (χ0n) is 18.4. The maximum absolute atomic E-state index is 13.1. The topological polar surface area (TPSA) is 116 Å². The van der Waals surface area contributed by atoms with Gasteiger partial charge in [-0.15, -0.1) is 0 Å². The third-order valence-corrected chi connectivity index (χ3v) is 5.19. The number of hydrogen-bond acceptors (Lipinski definition) is 8. The second-order valence-electron chi connectivity index (χ2n) is 7.88. The first-order chi connectivity index (χ1) is 16.3. The number of nitrogens with one attached hydrogen (secondary N) is 2. The highest BCUT2D eigenvalue weighted by atomic mass is 19.4. The van der Waals surface area contributed by atoms with Crippen LogP contribution in [-0.2, 0) is 21.9 Å². The predicted molar refractivity (Wildman–Crippen MR) is 110 cm³/mol. The molecule has 2 aromatic heterocycles. The molecule has 2 aromatic rings. The zero-order chi connectivity index (χ0) is 26.0. The number of alkyl halides is 6. The van der Waals surface area contributed by atoms with Gasteiger partial charge in [0.1, 0.15) is 12.2 Å². The normalized spacial score (nSPS) is 15.5. The van der Waals surface area contributed by atoms with Gasteiger partial charge in [-0.3, -0.25) is 9.59 Å². The zero-order valence-corrected chi connectivity index (χ0v) is 18.4. The number of likely N-dealkylation sites (N-methyl/N-ethyl adjacent to an activating group) is 1. The lowest BCUT2D eigenvalue weighted by atomic mass is 10.1. The van der Waals surface area contributed by atoms with Gasteiger partial charge in [0.05, 0.1) is 30.1 Å². The number of ether oxygens (including phenoxy) is 1. The quantitative estimate of drug-likeness (QED) is 0.518. The van der Waals surface area contributed by atoms with Gasteiger partial charge in [-0.25, -0.2) is 15.1 Å². The Hall–Kier alpha value is -3.43. The van der Waals surface area contributed by atoms with Crippen molar-refractivity contribution in [2.75, 3.05) is 43.6 Å². The second kappa shape index (κ2) is 10.1. The first kappa shape index (κ1) is 26.2. The standard InChI is InChI=1S/C19H21F6N7O3/c1-10(29-13-5-28-30-16(34)15(13)19(23,24)25)8-35-9-14(33)31(2)12-6-32(7-12)17-26-3-11(4-27-17)18(20,21)22/h3-5,10,12H,6-9H2,1-2H3,(H2,29,30,34)/t10-/m0/s1. The average Bonchev–Trinajstić information content (AvgIpc) is 2.71. The molecule has 0 saturated carbocycles. The van der Waals surface area contributed by atoms with Crippen molar-refractivity contribution in [1.29, 1.82) is 0 Å². The number of rotatable bonds is 8. The molecule has 1 saturated heterocycles. The van der Waals surface area contributed by atoms with Crippen LogP contribution in [0.3, 0.4) is 0 Å². The molecule has 16 heteroatoms. The van der Waals surface area contributed by atoms with Crippen LogP contribution in [0.25, 0.3) is 0 Å². The summed E-state index contributed by atoms with van der Waals surface area (Å²) in [6, 6.07) is -0.933. The van der Waals surface area contributed by atoms with E-state index in [1.807, 2.05) is 0 Å². The molecule has 0 spiro atoms. The fraction of sp³-hybridized carbons (Fsp3) is 0.526. The minimum absolute atomic E-state index is 0.110. The number of hydrogen-bond donors (Lipinski definition) is 2. The van der Waals surface area contributed by atoms with Crippen molar-refractivity contribution in [2.24, 2.45) is 0 Å². The largest absolute Gasteiger partial charge is 0.423 e. The van der Waals surface area contributed by atoms with E-state index >= 15 is 0 Å². The summed E-state index contributed by atoms with van der Waals surface area (Å²) in [6.07, 6.45) is -7.21. The lowest BCUT2D eigenvalue weighted by Gasteiger charge is -2.43. The van der Waals surface area contributed by atoms with Gasteiger partial charge in [0.2, 0.25) is 11.9 Å². The predicted octanol–water partition coefficient (Wildman–Crippen LogP) is 1.76. The third-order valence-electron chi connectivity index (χ3n) is 5.19. The van der Waals surface area contributed by atoms with E-state index in [2.05, 4.69) is 20.4 Å². The van der Waals surface area contributed by atoms with Gasteiger partial charge in [0.15, 0.2) is 0 Å². The fourth-order valence-electron chi connectivity index (χ4n) is 3.22. The van der Waals surface area contributed by atoms with Crippen molar-refractivity contribution >= 4 is 17.5 Å². The van der Waals surface area contributed by atoms with Crippen molar-refractivity contribution in [3.63, 3.8) is 0 Å². The number of carbonyl (C=O) groups is 1. The molecule has 1 aliphatic rings. The Morgan fingerprint density at radius 3 is 2.40 bits per heavy atom. The monoisotopic (exact) mass is 509 g/mol. The van der Waals surface area contributed by atoms with Crippen LogP contribution in [0.15, 0.2) is 23.4 Å². The number of H-pyrrole nitrogens is 1. The molecule has 0 aliphatic carbocycles. The van der Waals surface area contributed by atoms with Crippen LogP contribution in [0.2, 0.25) is 0 Å². The lowest BCUT2D eigenvalue weighted by Crippen LogP contribution is -2.60. The van der Waals surface area contributed by atoms with E-state index in [0.717, 1.165) is 6.20 Å². The minimum Gasteiger partial charge on any atom is -0.378 e. The van der Waals surface area contributed by atoms with Gasteiger partial charge >= 0.3 is 12.4 Å². The third kappa shape index (κ3) is 6.37. The number of carbonyl (C=O) groups excluding carboxylic acids is 1. The summed E-state index contributed by atoms with van der Waals surface area (Å²) in [5, 5.41) is 7.59. The molecule has 192 valence electrons. The number of aromatic amines is 1. The summed E-state index contributed by atoms with van der Waals surface area (Å²) < 4.78 is 82.4. The Morgan fingerprint density at radius 2 is 1.83 bits per heavy atom. The summed E-state index contributed by atoms with van der Waals surface area (Å²) in [6.45, 7) is 1.63. The molecule has 0 bridgehead atoms. The molecule has 1 amide bonds. The van der Waals surface area contributed by atoms with Crippen LogP contribution in [0.1, 0.15) is 18.1 Å². The van der Waals surface area contributed by atoms with Crippen LogP contribution >= 0.6 is 0 Å². The molecule has 3 heterocycles. The highest BCUT2D eigenvalue weighted by Crippen LogP contribution is 2.32. The highest BCUT2D eigenvalue weighted by Gasteiger charge is 2.38. The maximum Gasteiger partial charge on any atom is 0.423 e. The first-order valence-corrected chi connectivity index (χ1v) is 10.2. The summed E-state index contributed by atoms with van der Waals surface area (Å²) in [5.74, 6) is -0.289. The van der Waals surface area contributed by atoms with E-state index in [4.69, 9.17) is 4.74 Å². The Bertz CT molecular complexity index is 1080. The fourth-order valence-corrected chi connectivity index (χ4v) is 3.22. The Morgan fingerprint density at radius 1 is 1.20 bits per heavy atom. The summed E-state index contributed by atoms with van der Waals surface area (Å²) in [7, 11) is 1.53. The molecule has 0 unspecified atom stereocenters. The van der Waals surface area contributed by atoms with Gasteiger partial charge in [0, 0.05) is 38.6 Å². The molecule has 2 N–H and O–H groups in total. The van der Waals surface area contributed by atoms with Crippen molar-refractivity contribution in [3.05, 3.63) is 40.1 Å². The van der Waals surface area contributed by atoms with Crippen LogP contribution in [0.4, 0.5) is 38.0 Å². The average molecular weight is 509 g/mol. The molecule has 10 nitrogen and oxygen atoms in total. The lowest BCUT2D eigenvalue weighted by molar-refractivity contribution is -0.139. The molecule has 0 aromatic carbocycles. The molecular weight excluding hydrogens is 488 g/mol. The molecule has 1 fully saturated rings. The minimum atomic E-state index is -4.89. The summed E-state index contributed by atoms with van der Waals surface area (Å²) in [4.78, 5) is 34.3. The van der Waals surface area contributed by atoms with E-state index in [0.29, 0.717) is 25.5 Å². The number of nitrogens with zero attached hydrogens (tertiary/aromatic N) is 5. The van der Waals surface area contributed by atoms with E-state index in [9.17, 15) is 35.9 Å². The number of anilines is 2. The van der Waals surface area contributed by atoms with Crippen molar-refractivity contribution < 1.29 is 35.9 Å². The molecular formula is C19H21F6N7O3. The van der Waals surface area contributed by atoms with Gasteiger partial charge in [-0.1, -0.05) is 0 Å². The molecule has 0 radical (unpaired) electrons. The van der Waals surface area contributed by atoms with E-state index in [1.165, 1.54) is 18.9 Å². The second-order valence-corrected chi connectivity index (χ2v) is 7.88. The molecule has 1 aliphatic heterocycles. The van der Waals surface area contributed by atoms with Gasteiger partial charge in [-0.2, -0.15) is 31.4 Å². The van der Waals surface area contributed by atoms with Gasteiger partial charge in [-0.05, 0) is 6.92 Å². The van der Waals surface area contributed by atoms with E-state index in [1.54, 1.807) is 10.00 Å². The molecule has 3 rings (SSSR count). The SMILES string of the molecule is C[C@@H](COCC(=O)N(C)C1CN(c2ncc(C(F)(F)F)cn2)C1)Nc1cn[nH]c(=O)c1C(F)(F)F. The van der Waals surface area contributed by atoms with E-state index < -0.39 is 46.7 Å². The van der Waals surface area contributed by atoms with Crippen molar-refractivity contribution in [1.82, 2.24) is 25.1 Å². The van der Waals surface area contributed by atoms with Gasteiger partial charge < -0.3 is 19.9 Å². The number of aromatic nitrogens is 4. The highest BCUT2D eigenvalue weighted by molar-refractivity contribution is 5.78. The van der Waals surface area contributed by atoms with Crippen LogP contribution in [0, 0.1) is 0 Å². The van der Waals surface area contributed by atoms with E-state index in [-0.39, 0.29) is 25.2 Å². The van der Waals surface area contributed by atoms with Gasteiger partial charge in [0.25, 0.3) is 5.56 Å². The summed E-state index contributed by atoms with van der Waals surface area (Å²) >= 11 is 0. The Kier molecular flexibility index (Phi) is 7.52. The number of halogens is 6. The van der Waals surface area contributed by atoms with Crippen LogP contribution in [-0.4, -0.2) is 76.4 Å².